The van der Waals surface area contributed by atoms with Gasteiger partial charge in [0.1, 0.15) is 5.69 Å². The maximum Gasteiger partial charge on any atom is 0.270 e. The van der Waals surface area contributed by atoms with Crippen molar-refractivity contribution in [2.24, 2.45) is 5.92 Å². The van der Waals surface area contributed by atoms with Crippen molar-refractivity contribution in [1.29, 1.82) is 0 Å². The number of ether oxygens (including phenoxy) is 1. The van der Waals surface area contributed by atoms with Gasteiger partial charge in [0.2, 0.25) is 0 Å². The van der Waals surface area contributed by atoms with Crippen LogP contribution in [0.5, 0.6) is 0 Å². The van der Waals surface area contributed by atoms with Crippen LogP contribution in [0.1, 0.15) is 27.5 Å². The molecule has 0 aliphatic carbocycles. The van der Waals surface area contributed by atoms with Gasteiger partial charge in [0, 0.05) is 30.9 Å². The molecule has 3 rings (SSSR count). The van der Waals surface area contributed by atoms with Crippen molar-refractivity contribution in [2.45, 2.75) is 12.8 Å². The number of carbonyl (C=O) groups excluding carboxylic acids is 1. The van der Waals surface area contributed by atoms with Gasteiger partial charge in [0.15, 0.2) is 0 Å². The Bertz CT molecular complexity index is 591. The van der Waals surface area contributed by atoms with E-state index in [0.29, 0.717) is 18.2 Å². The zero-order chi connectivity index (χ0) is 14.5. The van der Waals surface area contributed by atoms with E-state index in [2.05, 4.69) is 22.4 Å². The lowest BCUT2D eigenvalue weighted by atomic mass is 10.1. The minimum Gasteiger partial charge on any atom is -0.381 e. The van der Waals surface area contributed by atoms with E-state index in [1.807, 2.05) is 23.6 Å². The molecule has 1 N–H and O–H groups in total. The number of hydrogen-bond acceptors (Lipinski definition) is 4. The van der Waals surface area contributed by atoms with E-state index < -0.39 is 0 Å². The number of rotatable bonds is 5. The second kappa shape index (κ2) is 6.83. The van der Waals surface area contributed by atoms with Gasteiger partial charge in [-0.3, -0.25) is 4.79 Å². The number of aromatic nitrogens is 1. The molecule has 1 atom stereocenters. The number of nitrogens with one attached hydrogen (secondary N) is 1. The summed E-state index contributed by atoms with van der Waals surface area (Å²) in [6.45, 7) is 2.22. The molecule has 110 valence electrons. The van der Waals surface area contributed by atoms with Crippen LogP contribution in [0.4, 0.5) is 0 Å². The molecular formula is C16H18N2O2S. The summed E-state index contributed by atoms with van der Waals surface area (Å²) in [6, 6.07) is 10.2. The maximum atomic E-state index is 12.1. The van der Waals surface area contributed by atoms with Crippen molar-refractivity contribution in [2.75, 3.05) is 19.8 Å². The Morgan fingerprint density at radius 3 is 3.00 bits per heavy atom. The SMILES string of the molecule is O=C(NC[C@@H]1CCOC1)c1csc(Cc2ccccc2)n1. The van der Waals surface area contributed by atoms with E-state index in [1.54, 1.807) is 0 Å². The zero-order valence-electron chi connectivity index (χ0n) is 11.7. The molecule has 2 heterocycles. The van der Waals surface area contributed by atoms with Crippen LogP contribution in [0, 0.1) is 5.92 Å². The summed E-state index contributed by atoms with van der Waals surface area (Å²) in [5, 5.41) is 5.74. The molecule has 21 heavy (non-hydrogen) atoms. The number of carbonyl (C=O) groups is 1. The molecule has 1 amide bonds. The lowest BCUT2D eigenvalue weighted by Crippen LogP contribution is -2.29. The molecule has 1 aromatic carbocycles. The van der Waals surface area contributed by atoms with Gasteiger partial charge in [-0.1, -0.05) is 30.3 Å². The quantitative estimate of drug-likeness (QED) is 0.923. The Morgan fingerprint density at radius 2 is 2.24 bits per heavy atom. The molecule has 4 nitrogen and oxygen atoms in total. The van der Waals surface area contributed by atoms with Gasteiger partial charge in [0.05, 0.1) is 11.6 Å². The Kier molecular flexibility index (Phi) is 4.62. The molecule has 1 fully saturated rings. The Balaban J connectivity index is 1.55. The first-order valence-electron chi connectivity index (χ1n) is 7.15. The van der Waals surface area contributed by atoms with Crippen LogP contribution in [-0.2, 0) is 11.2 Å². The predicted octanol–water partition coefficient (Wildman–Crippen LogP) is 2.50. The molecule has 0 saturated carbocycles. The lowest BCUT2D eigenvalue weighted by Gasteiger charge is -2.07. The fourth-order valence-corrected chi connectivity index (χ4v) is 3.15. The van der Waals surface area contributed by atoms with Crippen molar-refractivity contribution in [1.82, 2.24) is 10.3 Å². The number of benzene rings is 1. The van der Waals surface area contributed by atoms with Gasteiger partial charge in [0.25, 0.3) is 5.91 Å². The molecule has 1 aromatic heterocycles. The largest absolute Gasteiger partial charge is 0.381 e. The summed E-state index contributed by atoms with van der Waals surface area (Å²) in [6.07, 6.45) is 1.80. The fraction of sp³-hybridized carbons (Fsp3) is 0.375. The molecule has 1 saturated heterocycles. The first kappa shape index (κ1) is 14.2. The molecule has 0 unspecified atom stereocenters. The van der Waals surface area contributed by atoms with Crippen molar-refractivity contribution in [3.05, 3.63) is 52.0 Å². The van der Waals surface area contributed by atoms with E-state index in [4.69, 9.17) is 4.74 Å². The smallest absolute Gasteiger partial charge is 0.270 e. The average Bonchev–Trinajstić information content (AvgIpc) is 3.17. The van der Waals surface area contributed by atoms with E-state index >= 15 is 0 Å². The molecule has 1 aliphatic heterocycles. The molecule has 0 spiro atoms. The van der Waals surface area contributed by atoms with E-state index in [9.17, 15) is 4.79 Å². The monoisotopic (exact) mass is 302 g/mol. The number of amides is 1. The van der Waals surface area contributed by atoms with E-state index in [-0.39, 0.29) is 5.91 Å². The van der Waals surface area contributed by atoms with Crippen molar-refractivity contribution >= 4 is 17.2 Å². The highest BCUT2D eigenvalue weighted by Gasteiger charge is 2.17. The first-order chi connectivity index (χ1) is 10.3. The second-order valence-electron chi connectivity index (χ2n) is 5.23. The van der Waals surface area contributed by atoms with Gasteiger partial charge in [-0.05, 0) is 12.0 Å². The standard InChI is InChI=1S/C16H18N2O2S/c19-16(17-9-13-6-7-20-10-13)14-11-21-15(18-14)8-12-4-2-1-3-5-12/h1-5,11,13H,6-10H2,(H,17,19)/t13-/m0/s1. The Labute approximate surface area is 128 Å². The lowest BCUT2D eigenvalue weighted by molar-refractivity contribution is 0.0940. The molecule has 2 aromatic rings. The normalized spacial score (nSPS) is 17.8. The Morgan fingerprint density at radius 1 is 1.38 bits per heavy atom. The third kappa shape index (κ3) is 3.89. The topological polar surface area (TPSA) is 51.2 Å². The van der Waals surface area contributed by atoms with Crippen molar-refractivity contribution in [3.8, 4) is 0 Å². The van der Waals surface area contributed by atoms with E-state index in [0.717, 1.165) is 31.1 Å². The summed E-state index contributed by atoms with van der Waals surface area (Å²) in [4.78, 5) is 16.5. The minimum absolute atomic E-state index is 0.0857. The predicted molar refractivity (Wildman–Crippen MR) is 82.6 cm³/mol. The second-order valence-corrected chi connectivity index (χ2v) is 6.17. The van der Waals surface area contributed by atoms with Crippen molar-refractivity contribution in [3.63, 3.8) is 0 Å². The van der Waals surface area contributed by atoms with Gasteiger partial charge in [-0.2, -0.15) is 0 Å². The highest BCUT2D eigenvalue weighted by molar-refractivity contribution is 7.09. The zero-order valence-corrected chi connectivity index (χ0v) is 12.6. The van der Waals surface area contributed by atoms with Crippen LogP contribution in [-0.4, -0.2) is 30.6 Å². The number of thiazole rings is 1. The third-order valence-electron chi connectivity index (χ3n) is 3.56. The van der Waals surface area contributed by atoms with Crippen LogP contribution in [0.3, 0.4) is 0 Å². The van der Waals surface area contributed by atoms with Gasteiger partial charge in [-0.15, -0.1) is 11.3 Å². The van der Waals surface area contributed by atoms with Gasteiger partial charge < -0.3 is 10.1 Å². The third-order valence-corrected chi connectivity index (χ3v) is 4.41. The van der Waals surface area contributed by atoms with Gasteiger partial charge >= 0.3 is 0 Å². The molecular weight excluding hydrogens is 284 g/mol. The Hall–Kier alpha value is -1.72. The first-order valence-corrected chi connectivity index (χ1v) is 8.03. The summed E-state index contributed by atoms with van der Waals surface area (Å²) in [5.74, 6) is 0.355. The van der Waals surface area contributed by atoms with Crippen LogP contribution in [0.2, 0.25) is 0 Å². The van der Waals surface area contributed by atoms with Gasteiger partial charge in [-0.25, -0.2) is 4.98 Å². The maximum absolute atomic E-state index is 12.1. The molecule has 1 aliphatic rings. The number of nitrogens with zero attached hydrogens (tertiary/aromatic N) is 1. The van der Waals surface area contributed by atoms with E-state index in [1.165, 1.54) is 16.9 Å². The highest BCUT2D eigenvalue weighted by Crippen LogP contribution is 2.15. The summed E-state index contributed by atoms with van der Waals surface area (Å²) in [5.41, 5.74) is 1.73. The molecule has 0 radical (unpaired) electrons. The minimum atomic E-state index is -0.0857. The van der Waals surface area contributed by atoms with Crippen molar-refractivity contribution < 1.29 is 9.53 Å². The summed E-state index contributed by atoms with van der Waals surface area (Å²) >= 11 is 1.53. The summed E-state index contributed by atoms with van der Waals surface area (Å²) < 4.78 is 5.30. The molecule has 0 bridgehead atoms. The summed E-state index contributed by atoms with van der Waals surface area (Å²) in [7, 11) is 0. The average molecular weight is 302 g/mol. The molecule has 5 heteroatoms. The fourth-order valence-electron chi connectivity index (χ4n) is 2.34. The highest BCUT2D eigenvalue weighted by atomic mass is 32.1. The number of hydrogen-bond donors (Lipinski definition) is 1. The van der Waals surface area contributed by atoms with Crippen LogP contribution in [0.15, 0.2) is 35.7 Å². The van der Waals surface area contributed by atoms with Crippen LogP contribution in [0.25, 0.3) is 0 Å². The van der Waals surface area contributed by atoms with Crippen LogP contribution < -0.4 is 5.32 Å². The van der Waals surface area contributed by atoms with Crippen LogP contribution >= 0.6 is 11.3 Å².